The fourth-order valence-corrected chi connectivity index (χ4v) is 1.35. The standard InChI is InChI=1S/C10H8BrNO3/c1-2-9(13)12-8-5-6(11)3-4-7(8)10(14)15/h2-5H,1H2,(H,12,13)(H,14,15). The van der Waals surface area contributed by atoms with Crippen LogP contribution in [0.15, 0.2) is 35.3 Å². The fraction of sp³-hybridized carbons (Fsp3) is 0. The van der Waals surface area contributed by atoms with Crippen LogP contribution in [-0.4, -0.2) is 17.0 Å². The molecular formula is C10H8BrNO3. The molecule has 78 valence electrons. The van der Waals surface area contributed by atoms with Crippen LogP contribution in [0.25, 0.3) is 0 Å². The number of anilines is 1. The molecule has 5 heteroatoms. The van der Waals surface area contributed by atoms with Gasteiger partial charge in [0.2, 0.25) is 5.91 Å². The predicted octanol–water partition coefficient (Wildman–Crippen LogP) is 2.27. The van der Waals surface area contributed by atoms with Crippen molar-refractivity contribution in [3.8, 4) is 0 Å². The van der Waals surface area contributed by atoms with Crippen molar-refractivity contribution in [2.45, 2.75) is 0 Å². The molecule has 1 rings (SSSR count). The maximum Gasteiger partial charge on any atom is 0.337 e. The number of aromatic carboxylic acids is 1. The lowest BCUT2D eigenvalue weighted by molar-refractivity contribution is -0.111. The summed E-state index contributed by atoms with van der Waals surface area (Å²) in [5.74, 6) is -1.54. The molecule has 0 aliphatic carbocycles. The molecule has 0 bridgehead atoms. The monoisotopic (exact) mass is 269 g/mol. The Bertz CT molecular complexity index is 429. The molecule has 0 heterocycles. The van der Waals surface area contributed by atoms with Crippen LogP contribution in [0.5, 0.6) is 0 Å². The van der Waals surface area contributed by atoms with E-state index in [0.717, 1.165) is 6.08 Å². The quantitative estimate of drug-likeness (QED) is 0.828. The number of benzene rings is 1. The molecule has 0 spiro atoms. The summed E-state index contributed by atoms with van der Waals surface area (Å²) in [5, 5.41) is 11.3. The Morgan fingerprint density at radius 1 is 1.47 bits per heavy atom. The van der Waals surface area contributed by atoms with Crippen molar-refractivity contribution in [2.75, 3.05) is 5.32 Å². The van der Waals surface area contributed by atoms with Gasteiger partial charge in [-0.3, -0.25) is 4.79 Å². The van der Waals surface area contributed by atoms with E-state index in [9.17, 15) is 9.59 Å². The van der Waals surface area contributed by atoms with Crippen LogP contribution in [0.2, 0.25) is 0 Å². The van der Waals surface area contributed by atoms with Gasteiger partial charge in [0.1, 0.15) is 0 Å². The molecule has 0 aliphatic rings. The molecule has 4 nitrogen and oxygen atoms in total. The lowest BCUT2D eigenvalue weighted by atomic mass is 10.2. The van der Waals surface area contributed by atoms with Gasteiger partial charge in [-0.05, 0) is 24.3 Å². The predicted molar refractivity (Wildman–Crippen MR) is 59.9 cm³/mol. The van der Waals surface area contributed by atoms with Gasteiger partial charge in [0.25, 0.3) is 0 Å². The third-order valence-corrected chi connectivity index (χ3v) is 2.15. The third-order valence-electron chi connectivity index (χ3n) is 1.66. The zero-order valence-electron chi connectivity index (χ0n) is 7.66. The second-order valence-electron chi connectivity index (χ2n) is 2.69. The van der Waals surface area contributed by atoms with E-state index in [-0.39, 0.29) is 11.3 Å². The first-order valence-corrected chi connectivity index (χ1v) is 4.80. The molecule has 0 saturated carbocycles. The van der Waals surface area contributed by atoms with Crippen molar-refractivity contribution in [2.24, 2.45) is 0 Å². The summed E-state index contributed by atoms with van der Waals surface area (Å²) < 4.78 is 0.687. The Morgan fingerprint density at radius 3 is 2.67 bits per heavy atom. The number of hydrogen-bond donors (Lipinski definition) is 2. The molecule has 0 fully saturated rings. The molecular weight excluding hydrogens is 262 g/mol. The van der Waals surface area contributed by atoms with Crippen molar-refractivity contribution in [3.05, 3.63) is 40.9 Å². The van der Waals surface area contributed by atoms with Crippen molar-refractivity contribution in [1.29, 1.82) is 0 Å². The van der Waals surface area contributed by atoms with E-state index in [1.807, 2.05) is 0 Å². The van der Waals surface area contributed by atoms with Gasteiger partial charge < -0.3 is 10.4 Å². The average Bonchev–Trinajstić information content (AvgIpc) is 2.17. The van der Waals surface area contributed by atoms with E-state index in [4.69, 9.17) is 5.11 Å². The van der Waals surface area contributed by atoms with Gasteiger partial charge in [-0.1, -0.05) is 22.5 Å². The zero-order chi connectivity index (χ0) is 11.4. The van der Waals surface area contributed by atoms with Gasteiger partial charge in [0.05, 0.1) is 11.3 Å². The number of amides is 1. The summed E-state index contributed by atoms with van der Waals surface area (Å²) in [5.41, 5.74) is 0.273. The molecule has 1 amide bonds. The number of carboxylic acids is 1. The number of hydrogen-bond acceptors (Lipinski definition) is 2. The summed E-state index contributed by atoms with van der Waals surface area (Å²) in [4.78, 5) is 21.8. The number of rotatable bonds is 3. The maximum absolute atomic E-state index is 11.0. The largest absolute Gasteiger partial charge is 0.478 e. The number of carboxylic acid groups (broad SMARTS) is 1. The maximum atomic E-state index is 11.0. The number of carbonyl (C=O) groups is 2. The van der Waals surface area contributed by atoms with Crippen molar-refractivity contribution >= 4 is 33.5 Å². The Balaban J connectivity index is 3.12. The molecule has 0 unspecified atom stereocenters. The van der Waals surface area contributed by atoms with Crippen LogP contribution < -0.4 is 5.32 Å². The fourth-order valence-electron chi connectivity index (χ4n) is 0.990. The van der Waals surface area contributed by atoms with Gasteiger partial charge in [0.15, 0.2) is 0 Å². The summed E-state index contributed by atoms with van der Waals surface area (Å²) in [6.45, 7) is 3.28. The molecule has 0 aliphatic heterocycles. The van der Waals surface area contributed by atoms with Crippen molar-refractivity contribution in [1.82, 2.24) is 0 Å². The van der Waals surface area contributed by atoms with E-state index >= 15 is 0 Å². The second kappa shape index (κ2) is 4.75. The van der Waals surface area contributed by atoms with E-state index in [1.165, 1.54) is 12.1 Å². The molecule has 0 aromatic heterocycles. The molecule has 0 radical (unpaired) electrons. The highest BCUT2D eigenvalue weighted by Gasteiger charge is 2.11. The van der Waals surface area contributed by atoms with Gasteiger partial charge >= 0.3 is 5.97 Å². The van der Waals surface area contributed by atoms with Crippen molar-refractivity contribution in [3.63, 3.8) is 0 Å². The van der Waals surface area contributed by atoms with Crippen LogP contribution in [0.1, 0.15) is 10.4 Å². The first kappa shape index (κ1) is 11.5. The smallest absolute Gasteiger partial charge is 0.337 e. The zero-order valence-corrected chi connectivity index (χ0v) is 9.24. The number of carbonyl (C=O) groups excluding carboxylic acids is 1. The van der Waals surface area contributed by atoms with Gasteiger partial charge in [0, 0.05) is 4.47 Å². The minimum absolute atomic E-state index is 0.0356. The highest BCUT2D eigenvalue weighted by atomic mass is 79.9. The molecule has 1 aromatic rings. The van der Waals surface area contributed by atoms with Crippen LogP contribution in [0.4, 0.5) is 5.69 Å². The number of nitrogens with one attached hydrogen (secondary N) is 1. The van der Waals surface area contributed by atoms with Gasteiger partial charge in [-0.25, -0.2) is 4.79 Å². The van der Waals surface area contributed by atoms with Crippen molar-refractivity contribution < 1.29 is 14.7 Å². The summed E-state index contributed by atoms with van der Waals surface area (Å²) in [6, 6.07) is 4.52. The van der Waals surface area contributed by atoms with Crippen LogP contribution in [-0.2, 0) is 4.79 Å². The van der Waals surface area contributed by atoms with Crippen LogP contribution in [0.3, 0.4) is 0 Å². The second-order valence-corrected chi connectivity index (χ2v) is 3.60. The highest BCUT2D eigenvalue weighted by molar-refractivity contribution is 9.10. The topological polar surface area (TPSA) is 66.4 Å². The summed E-state index contributed by atoms with van der Waals surface area (Å²) in [7, 11) is 0. The van der Waals surface area contributed by atoms with E-state index in [2.05, 4.69) is 27.8 Å². The third kappa shape index (κ3) is 2.92. The Kier molecular flexibility index (Phi) is 3.62. The molecule has 1 aromatic carbocycles. The molecule has 0 saturated heterocycles. The van der Waals surface area contributed by atoms with E-state index in [0.29, 0.717) is 4.47 Å². The normalized spacial score (nSPS) is 9.40. The molecule has 2 N–H and O–H groups in total. The van der Waals surface area contributed by atoms with Gasteiger partial charge in [-0.2, -0.15) is 0 Å². The Labute approximate surface area is 94.7 Å². The molecule has 0 atom stereocenters. The lowest BCUT2D eigenvalue weighted by Gasteiger charge is -2.06. The first-order valence-electron chi connectivity index (χ1n) is 4.01. The number of halogens is 1. The first-order chi connectivity index (χ1) is 7.04. The van der Waals surface area contributed by atoms with Crippen LogP contribution >= 0.6 is 15.9 Å². The highest BCUT2D eigenvalue weighted by Crippen LogP contribution is 2.21. The minimum Gasteiger partial charge on any atom is -0.478 e. The van der Waals surface area contributed by atoms with Gasteiger partial charge in [-0.15, -0.1) is 0 Å². The summed E-state index contributed by atoms with van der Waals surface area (Å²) >= 11 is 3.19. The minimum atomic E-state index is -1.10. The Morgan fingerprint density at radius 2 is 2.13 bits per heavy atom. The van der Waals surface area contributed by atoms with Crippen LogP contribution in [0, 0.1) is 0 Å². The van der Waals surface area contributed by atoms with E-state index in [1.54, 1.807) is 6.07 Å². The summed E-state index contributed by atoms with van der Waals surface area (Å²) in [6.07, 6.45) is 1.08. The Hall–Kier alpha value is -1.62. The lowest BCUT2D eigenvalue weighted by Crippen LogP contribution is -2.11. The van der Waals surface area contributed by atoms with E-state index < -0.39 is 11.9 Å². The average molecular weight is 270 g/mol. The molecule has 15 heavy (non-hydrogen) atoms. The SMILES string of the molecule is C=CC(=O)Nc1cc(Br)ccc1C(=O)O.